The van der Waals surface area contributed by atoms with Gasteiger partial charge in [-0.15, -0.1) is 0 Å². The van der Waals surface area contributed by atoms with Crippen LogP contribution in [0.5, 0.6) is 0 Å². The van der Waals surface area contributed by atoms with E-state index in [1.165, 1.54) is 19.4 Å². The first-order valence-electron chi connectivity index (χ1n) is 6.67. The molecule has 0 saturated carbocycles. The maximum absolute atomic E-state index is 5.66. The van der Waals surface area contributed by atoms with Crippen molar-refractivity contribution in [2.24, 2.45) is 5.92 Å². The van der Waals surface area contributed by atoms with Gasteiger partial charge in [-0.2, -0.15) is 0 Å². The molecule has 0 aliphatic carbocycles. The van der Waals surface area contributed by atoms with Crippen LogP contribution in [-0.2, 0) is 0 Å². The highest BCUT2D eigenvalue weighted by Crippen LogP contribution is 2.37. The smallest absolute Gasteiger partial charge is 0.121 e. The third-order valence-electron chi connectivity index (χ3n) is 3.76. The molecule has 2 rings (SSSR count). The van der Waals surface area contributed by atoms with Crippen molar-refractivity contribution in [1.29, 1.82) is 0 Å². The molecular weight excluding hydrogens is 212 g/mol. The molecule has 1 aromatic heterocycles. The highest BCUT2D eigenvalue weighted by Gasteiger charge is 2.35. The molecule has 1 fully saturated rings. The summed E-state index contributed by atoms with van der Waals surface area (Å²) in [6.45, 7) is 6.80. The molecule has 1 saturated heterocycles. The van der Waals surface area contributed by atoms with Crippen LogP contribution in [0.3, 0.4) is 0 Å². The number of hydrogen-bond acceptors (Lipinski definition) is 3. The summed E-state index contributed by atoms with van der Waals surface area (Å²) in [5.74, 6) is 1.78. The Labute approximate surface area is 104 Å². The van der Waals surface area contributed by atoms with Crippen molar-refractivity contribution in [2.45, 2.75) is 38.8 Å². The second-order valence-corrected chi connectivity index (χ2v) is 5.25. The van der Waals surface area contributed by atoms with Crippen molar-refractivity contribution < 1.29 is 4.42 Å². The van der Waals surface area contributed by atoms with E-state index in [0.717, 1.165) is 12.3 Å². The molecule has 1 aliphatic rings. The highest BCUT2D eigenvalue weighted by atomic mass is 16.3. The summed E-state index contributed by atoms with van der Waals surface area (Å²) < 4.78 is 5.66. The molecular formula is C14H24N2O. The molecule has 3 nitrogen and oxygen atoms in total. The van der Waals surface area contributed by atoms with Crippen molar-refractivity contribution in [2.75, 3.05) is 20.1 Å². The van der Waals surface area contributed by atoms with E-state index in [9.17, 15) is 0 Å². The van der Waals surface area contributed by atoms with Gasteiger partial charge >= 0.3 is 0 Å². The van der Waals surface area contributed by atoms with Gasteiger partial charge < -0.3 is 9.73 Å². The maximum atomic E-state index is 5.66. The normalized spacial score (nSPS) is 26.6. The highest BCUT2D eigenvalue weighted by molar-refractivity contribution is 5.08. The zero-order chi connectivity index (χ0) is 12.3. The van der Waals surface area contributed by atoms with Crippen LogP contribution in [0, 0.1) is 5.92 Å². The zero-order valence-electron chi connectivity index (χ0n) is 11.1. The average Bonchev–Trinajstić information content (AvgIpc) is 2.82. The zero-order valence-corrected chi connectivity index (χ0v) is 11.1. The van der Waals surface area contributed by atoms with Crippen LogP contribution in [0.25, 0.3) is 0 Å². The molecule has 0 aromatic carbocycles. The number of piperidine rings is 1. The lowest BCUT2D eigenvalue weighted by atomic mass is 9.86. The maximum Gasteiger partial charge on any atom is 0.121 e. The summed E-state index contributed by atoms with van der Waals surface area (Å²) in [5.41, 5.74) is 0. The average molecular weight is 236 g/mol. The van der Waals surface area contributed by atoms with Crippen LogP contribution >= 0.6 is 0 Å². The number of rotatable bonds is 4. The number of likely N-dealkylation sites (tertiary alicyclic amines) is 1. The van der Waals surface area contributed by atoms with Gasteiger partial charge in [0, 0.05) is 6.04 Å². The van der Waals surface area contributed by atoms with Gasteiger partial charge in [-0.05, 0) is 64.9 Å². The van der Waals surface area contributed by atoms with E-state index in [1.807, 2.05) is 13.1 Å². The van der Waals surface area contributed by atoms with Gasteiger partial charge in [0.25, 0.3) is 0 Å². The molecule has 3 heteroatoms. The van der Waals surface area contributed by atoms with Gasteiger partial charge in [-0.1, -0.05) is 0 Å². The van der Waals surface area contributed by atoms with Gasteiger partial charge in [0.05, 0.1) is 12.3 Å². The Balaban J connectivity index is 2.22. The molecule has 2 heterocycles. The van der Waals surface area contributed by atoms with Crippen molar-refractivity contribution in [3.63, 3.8) is 0 Å². The van der Waals surface area contributed by atoms with Crippen molar-refractivity contribution >= 4 is 0 Å². The molecule has 1 aliphatic heterocycles. The van der Waals surface area contributed by atoms with Crippen molar-refractivity contribution in [3.8, 4) is 0 Å². The summed E-state index contributed by atoms with van der Waals surface area (Å²) in [4.78, 5) is 2.57. The van der Waals surface area contributed by atoms with E-state index < -0.39 is 0 Å². The lowest BCUT2D eigenvalue weighted by Gasteiger charge is -2.42. The summed E-state index contributed by atoms with van der Waals surface area (Å²) in [6, 6.07) is 5.13. The molecule has 2 unspecified atom stereocenters. The van der Waals surface area contributed by atoms with Gasteiger partial charge in [0.2, 0.25) is 0 Å². The molecule has 1 N–H and O–H groups in total. The lowest BCUT2D eigenvalue weighted by Crippen LogP contribution is -2.45. The van der Waals surface area contributed by atoms with Crippen LogP contribution in [0.2, 0.25) is 0 Å². The molecule has 17 heavy (non-hydrogen) atoms. The minimum atomic E-state index is 0.436. The van der Waals surface area contributed by atoms with E-state index >= 15 is 0 Å². The monoisotopic (exact) mass is 236 g/mol. The predicted molar refractivity (Wildman–Crippen MR) is 69.9 cm³/mol. The van der Waals surface area contributed by atoms with Gasteiger partial charge in [-0.25, -0.2) is 0 Å². The topological polar surface area (TPSA) is 28.4 Å². The Bertz CT molecular complexity index is 319. The lowest BCUT2D eigenvalue weighted by molar-refractivity contribution is 0.0496. The van der Waals surface area contributed by atoms with Gasteiger partial charge in [-0.3, -0.25) is 4.90 Å². The van der Waals surface area contributed by atoms with Crippen LogP contribution in [-0.4, -0.2) is 31.1 Å². The fourth-order valence-electron chi connectivity index (χ4n) is 3.01. The standard InChI is InChI=1S/C14H24N2O/c1-11(2)16-8-4-6-12(10-15-3)14(16)13-7-5-9-17-13/h5,7,9,11-12,14-15H,4,6,8,10H2,1-3H3. The Morgan fingerprint density at radius 1 is 1.53 bits per heavy atom. The Morgan fingerprint density at radius 2 is 2.35 bits per heavy atom. The van der Waals surface area contributed by atoms with Crippen LogP contribution < -0.4 is 5.32 Å². The third-order valence-corrected chi connectivity index (χ3v) is 3.76. The van der Waals surface area contributed by atoms with Crippen LogP contribution in [0.1, 0.15) is 38.5 Å². The Morgan fingerprint density at radius 3 is 2.94 bits per heavy atom. The summed E-state index contributed by atoms with van der Waals surface area (Å²) in [7, 11) is 2.04. The van der Waals surface area contributed by atoms with E-state index in [-0.39, 0.29) is 0 Å². The second kappa shape index (κ2) is 5.69. The van der Waals surface area contributed by atoms with Crippen LogP contribution in [0.15, 0.2) is 22.8 Å². The minimum Gasteiger partial charge on any atom is -0.468 e. The first kappa shape index (κ1) is 12.7. The SMILES string of the molecule is CNCC1CCCN(C(C)C)C1c1ccco1. The van der Waals surface area contributed by atoms with Gasteiger partial charge in [0.1, 0.15) is 5.76 Å². The first-order chi connectivity index (χ1) is 8.24. The Kier molecular flexibility index (Phi) is 4.24. The largest absolute Gasteiger partial charge is 0.468 e. The van der Waals surface area contributed by atoms with Crippen molar-refractivity contribution in [1.82, 2.24) is 10.2 Å². The quantitative estimate of drug-likeness (QED) is 0.871. The summed E-state index contributed by atoms with van der Waals surface area (Å²) >= 11 is 0. The fraction of sp³-hybridized carbons (Fsp3) is 0.714. The summed E-state index contributed by atoms with van der Waals surface area (Å²) in [6.07, 6.45) is 4.37. The van der Waals surface area contributed by atoms with E-state index in [4.69, 9.17) is 4.42 Å². The van der Waals surface area contributed by atoms with Crippen molar-refractivity contribution in [3.05, 3.63) is 24.2 Å². The number of nitrogens with zero attached hydrogens (tertiary/aromatic N) is 1. The molecule has 0 amide bonds. The molecule has 0 spiro atoms. The third kappa shape index (κ3) is 2.72. The fourth-order valence-corrected chi connectivity index (χ4v) is 3.01. The molecule has 96 valence electrons. The predicted octanol–water partition coefficient (Wildman–Crippen LogP) is 2.66. The molecule has 0 radical (unpaired) electrons. The number of furan rings is 1. The number of hydrogen-bond donors (Lipinski definition) is 1. The molecule has 2 atom stereocenters. The van der Waals surface area contributed by atoms with Crippen LogP contribution in [0.4, 0.5) is 0 Å². The number of nitrogens with one attached hydrogen (secondary N) is 1. The molecule has 0 bridgehead atoms. The Hall–Kier alpha value is -0.800. The van der Waals surface area contributed by atoms with Gasteiger partial charge in [0.15, 0.2) is 0 Å². The minimum absolute atomic E-state index is 0.436. The van der Waals surface area contributed by atoms with E-state index in [2.05, 4.69) is 30.1 Å². The summed E-state index contributed by atoms with van der Waals surface area (Å²) in [5, 5.41) is 3.32. The first-order valence-corrected chi connectivity index (χ1v) is 6.67. The van der Waals surface area contributed by atoms with E-state index in [1.54, 1.807) is 6.26 Å². The molecule has 1 aromatic rings. The second-order valence-electron chi connectivity index (χ2n) is 5.25. The van der Waals surface area contributed by atoms with E-state index in [0.29, 0.717) is 18.0 Å².